The summed E-state index contributed by atoms with van der Waals surface area (Å²) in [6, 6.07) is 0. The first-order valence-electron chi connectivity index (χ1n) is 11.7. The van der Waals surface area contributed by atoms with Crippen LogP contribution >= 0.6 is 0 Å². The van der Waals surface area contributed by atoms with Crippen molar-refractivity contribution in [1.29, 1.82) is 0 Å². The number of amides is 1. The highest BCUT2D eigenvalue weighted by Gasteiger charge is 1.99. The van der Waals surface area contributed by atoms with Crippen molar-refractivity contribution in [2.75, 3.05) is 19.6 Å². The molecular formula is C23H50N2O. The van der Waals surface area contributed by atoms with Crippen LogP contribution in [0.25, 0.3) is 0 Å². The van der Waals surface area contributed by atoms with Gasteiger partial charge in [-0.25, -0.2) is 0 Å². The number of hydrogen-bond acceptors (Lipinski definition) is 2. The molecule has 0 aliphatic rings. The second-order valence-corrected chi connectivity index (χ2v) is 7.39. The lowest BCUT2D eigenvalue weighted by atomic mass is 10.1. The van der Waals surface area contributed by atoms with Gasteiger partial charge in [0.25, 0.3) is 0 Å². The lowest BCUT2D eigenvalue weighted by Crippen LogP contribution is -2.23. The third kappa shape index (κ3) is 28.2. The summed E-state index contributed by atoms with van der Waals surface area (Å²) in [5.74, 6) is 0.231. The molecule has 0 spiro atoms. The average molecular weight is 371 g/mol. The molecule has 0 bridgehead atoms. The van der Waals surface area contributed by atoms with Crippen molar-refractivity contribution in [2.45, 2.75) is 124 Å². The van der Waals surface area contributed by atoms with E-state index in [-0.39, 0.29) is 5.91 Å². The van der Waals surface area contributed by atoms with Gasteiger partial charge in [0, 0.05) is 13.0 Å². The summed E-state index contributed by atoms with van der Waals surface area (Å²) in [4.78, 5) is 11.3. The van der Waals surface area contributed by atoms with Crippen LogP contribution in [0.4, 0.5) is 0 Å². The Hall–Kier alpha value is -0.570. The molecule has 0 fully saturated rings. The molecule has 26 heavy (non-hydrogen) atoms. The van der Waals surface area contributed by atoms with Crippen LogP contribution in [0.2, 0.25) is 0 Å². The van der Waals surface area contributed by atoms with Gasteiger partial charge < -0.3 is 10.6 Å². The molecule has 0 saturated carbocycles. The second kappa shape index (κ2) is 26.7. The lowest BCUT2D eigenvalue weighted by molar-refractivity contribution is -0.121. The SMILES string of the molecule is CCCCCCCCCCCC(=O)NCCC.CCCCNCCCC. The van der Waals surface area contributed by atoms with Crippen LogP contribution in [0.15, 0.2) is 0 Å². The van der Waals surface area contributed by atoms with Gasteiger partial charge in [0.1, 0.15) is 0 Å². The van der Waals surface area contributed by atoms with Gasteiger partial charge in [-0.05, 0) is 38.8 Å². The van der Waals surface area contributed by atoms with Gasteiger partial charge in [-0.15, -0.1) is 0 Å². The number of nitrogens with one attached hydrogen (secondary N) is 2. The van der Waals surface area contributed by atoms with E-state index >= 15 is 0 Å². The molecule has 0 unspecified atom stereocenters. The zero-order chi connectivity index (χ0) is 19.7. The van der Waals surface area contributed by atoms with Gasteiger partial charge in [-0.2, -0.15) is 0 Å². The second-order valence-electron chi connectivity index (χ2n) is 7.39. The highest BCUT2D eigenvalue weighted by molar-refractivity contribution is 5.75. The van der Waals surface area contributed by atoms with Crippen molar-refractivity contribution < 1.29 is 4.79 Å². The fourth-order valence-corrected chi connectivity index (χ4v) is 2.68. The summed E-state index contributed by atoms with van der Waals surface area (Å²) in [7, 11) is 0. The molecule has 0 heterocycles. The highest BCUT2D eigenvalue weighted by atomic mass is 16.1. The minimum Gasteiger partial charge on any atom is -0.356 e. The Labute approximate surface area is 165 Å². The first-order valence-corrected chi connectivity index (χ1v) is 11.7. The summed E-state index contributed by atoms with van der Waals surface area (Å²) >= 11 is 0. The Morgan fingerprint density at radius 1 is 0.538 bits per heavy atom. The third-order valence-corrected chi connectivity index (χ3v) is 4.49. The molecule has 0 aromatic rings. The minimum atomic E-state index is 0.231. The third-order valence-electron chi connectivity index (χ3n) is 4.49. The molecule has 0 saturated heterocycles. The highest BCUT2D eigenvalue weighted by Crippen LogP contribution is 2.10. The summed E-state index contributed by atoms with van der Waals surface area (Å²) in [5.41, 5.74) is 0. The first-order chi connectivity index (χ1) is 12.7. The van der Waals surface area contributed by atoms with Crippen molar-refractivity contribution >= 4 is 5.91 Å². The topological polar surface area (TPSA) is 41.1 Å². The molecule has 3 heteroatoms. The molecule has 0 rings (SSSR count). The van der Waals surface area contributed by atoms with Crippen LogP contribution in [0.1, 0.15) is 124 Å². The van der Waals surface area contributed by atoms with Crippen molar-refractivity contribution in [2.24, 2.45) is 0 Å². The standard InChI is InChI=1S/C15H31NO.C8H19N/c1-3-5-6-7-8-9-10-11-12-13-15(17)16-14-4-2;1-3-5-7-9-8-6-4-2/h3-14H2,1-2H3,(H,16,17);9H,3-8H2,1-2H3. The number of carbonyl (C=O) groups excluding carboxylic acids is 1. The van der Waals surface area contributed by atoms with E-state index in [1.165, 1.54) is 90.1 Å². The predicted molar refractivity (Wildman–Crippen MR) is 118 cm³/mol. The normalized spacial score (nSPS) is 10.3. The molecule has 0 aliphatic heterocycles. The maximum absolute atomic E-state index is 11.3. The Morgan fingerprint density at radius 2 is 1.00 bits per heavy atom. The fourth-order valence-electron chi connectivity index (χ4n) is 2.68. The summed E-state index contributed by atoms with van der Waals surface area (Å²) in [6.07, 6.45) is 18.8. The zero-order valence-corrected chi connectivity index (χ0v) is 18.6. The Morgan fingerprint density at radius 3 is 1.46 bits per heavy atom. The number of unbranched alkanes of at least 4 members (excludes halogenated alkanes) is 10. The zero-order valence-electron chi connectivity index (χ0n) is 18.6. The number of hydrogen-bond donors (Lipinski definition) is 2. The van der Waals surface area contributed by atoms with E-state index in [0.29, 0.717) is 0 Å². The van der Waals surface area contributed by atoms with Gasteiger partial charge in [-0.3, -0.25) is 4.79 Å². The van der Waals surface area contributed by atoms with E-state index in [9.17, 15) is 4.79 Å². The van der Waals surface area contributed by atoms with Crippen molar-refractivity contribution in [3.63, 3.8) is 0 Å². The molecule has 3 nitrogen and oxygen atoms in total. The van der Waals surface area contributed by atoms with E-state index in [1.54, 1.807) is 0 Å². The molecule has 1 amide bonds. The Bertz CT molecular complexity index is 251. The summed E-state index contributed by atoms with van der Waals surface area (Å²) < 4.78 is 0. The van der Waals surface area contributed by atoms with Crippen LogP contribution in [0, 0.1) is 0 Å². The van der Waals surface area contributed by atoms with E-state index in [4.69, 9.17) is 0 Å². The van der Waals surface area contributed by atoms with Crippen LogP contribution in [0.3, 0.4) is 0 Å². The summed E-state index contributed by atoms with van der Waals surface area (Å²) in [6.45, 7) is 12.0. The number of carbonyl (C=O) groups is 1. The Balaban J connectivity index is 0. The summed E-state index contributed by atoms with van der Waals surface area (Å²) in [5, 5.41) is 6.31. The smallest absolute Gasteiger partial charge is 0.219 e. The minimum absolute atomic E-state index is 0.231. The average Bonchev–Trinajstić information content (AvgIpc) is 2.65. The molecular weight excluding hydrogens is 320 g/mol. The quantitative estimate of drug-likeness (QED) is 0.266. The molecule has 2 N–H and O–H groups in total. The molecule has 0 atom stereocenters. The van der Waals surface area contributed by atoms with Gasteiger partial charge >= 0.3 is 0 Å². The van der Waals surface area contributed by atoms with Crippen molar-refractivity contribution in [3.05, 3.63) is 0 Å². The maximum atomic E-state index is 11.3. The van der Waals surface area contributed by atoms with Crippen molar-refractivity contribution in [3.8, 4) is 0 Å². The van der Waals surface area contributed by atoms with E-state index in [1.807, 2.05) is 0 Å². The predicted octanol–water partition coefficient (Wildman–Crippen LogP) is 6.61. The lowest BCUT2D eigenvalue weighted by Gasteiger charge is -2.03. The van der Waals surface area contributed by atoms with Crippen LogP contribution in [-0.4, -0.2) is 25.5 Å². The molecule has 0 aromatic heterocycles. The van der Waals surface area contributed by atoms with E-state index < -0.39 is 0 Å². The molecule has 0 radical (unpaired) electrons. The van der Waals surface area contributed by atoms with Gasteiger partial charge in [0.15, 0.2) is 0 Å². The van der Waals surface area contributed by atoms with Gasteiger partial charge in [0.05, 0.1) is 0 Å². The van der Waals surface area contributed by atoms with Gasteiger partial charge in [0.2, 0.25) is 5.91 Å². The largest absolute Gasteiger partial charge is 0.356 e. The van der Waals surface area contributed by atoms with Crippen LogP contribution < -0.4 is 10.6 Å². The fraction of sp³-hybridized carbons (Fsp3) is 0.957. The first kappa shape index (κ1) is 27.6. The van der Waals surface area contributed by atoms with Crippen molar-refractivity contribution in [1.82, 2.24) is 10.6 Å². The number of rotatable bonds is 18. The van der Waals surface area contributed by atoms with Crippen LogP contribution in [0.5, 0.6) is 0 Å². The van der Waals surface area contributed by atoms with E-state index in [0.717, 1.165) is 25.8 Å². The maximum Gasteiger partial charge on any atom is 0.219 e. The van der Waals surface area contributed by atoms with E-state index in [2.05, 4.69) is 38.3 Å². The molecule has 0 aliphatic carbocycles. The Kier molecular flexibility index (Phi) is 28.3. The molecule has 0 aromatic carbocycles. The molecule has 158 valence electrons. The monoisotopic (exact) mass is 370 g/mol. The van der Waals surface area contributed by atoms with Crippen LogP contribution in [-0.2, 0) is 4.79 Å². The van der Waals surface area contributed by atoms with Gasteiger partial charge in [-0.1, -0.05) is 91.9 Å².